The number of nitrogen functional groups attached to an aromatic ring is 1. The Balaban J connectivity index is 2.20. The molecular formula is C9H14N2S3. The van der Waals surface area contributed by atoms with Crippen molar-refractivity contribution in [3.63, 3.8) is 0 Å². The van der Waals surface area contributed by atoms with Crippen LogP contribution in [0.4, 0.5) is 5.82 Å². The lowest BCUT2D eigenvalue weighted by Crippen LogP contribution is -2.15. The van der Waals surface area contributed by atoms with Crippen LogP contribution in [0.1, 0.15) is 22.1 Å². The first-order valence-corrected chi connectivity index (χ1v) is 7.56. The molecule has 0 radical (unpaired) electrons. The Morgan fingerprint density at radius 2 is 2.07 bits per heavy atom. The third kappa shape index (κ3) is 2.04. The van der Waals surface area contributed by atoms with Gasteiger partial charge in [-0.3, -0.25) is 0 Å². The summed E-state index contributed by atoms with van der Waals surface area (Å²) < 4.78 is 0. The van der Waals surface area contributed by atoms with E-state index in [1.54, 1.807) is 11.3 Å². The van der Waals surface area contributed by atoms with Gasteiger partial charge in [0.05, 0.1) is 5.25 Å². The van der Waals surface area contributed by atoms with Gasteiger partial charge in [0.2, 0.25) is 0 Å². The van der Waals surface area contributed by atoms with Crippen LogP contribution >= 0.6 is 34.9 Å². The molecule has 2 atom stereocenters. The topological polar surface area (TPSA) is 38.9 Å². The van der Waals surface area contributed by atoms with Crippen LogP contribution in [0.3, 0.4) is 0 Å². The maximum atomic E-state index is 5.78. The fourth-order valence-electron chi connectivity index (χ4n) is 1.46. The molecule has 1 saturated heterocycles. The second kappa shape index (κ2) is 4.33. The molecule has 0 aliphatic carbocycles. The fraction of sp³-hybridized carbons (Fsp3) is 0.667. The first-order valence-electron chi connectivity index (χ1n) is 4.64. The van der Waals surface area contributed by atoms with E-state index in [-0.39, 0.29) is 0 Å². The molecule has 1 fully saturated rings. The summed E-state index contributed by atoms with van der Waals surface area (Å²) >= 11 is 5.81. The fourth-order valence-corrected chi connectivity index (χ4v) is 5.45. The second-order valence-corrected chi connectivity index (χ2v) is 7.33. The minimum absolute atomic E-state index is 0.551. The molecule has 1 aromatic rings. The summed E-state index contributed by atoms with van der Waals surface area (Å²) in [5.41, 5.74) is 5.78. The Labute approximate surface area is 97.1 Å². The van der Waals surface area contributed by atoms with Gasteiger partial charge < -0.3 is 5.73 Å². The van der Waals surface area contributed by atoms with Gasteiger partial charge in [-0.2, -0.15) is 11.8 Å². The molecule has 14 heavy (non-hydrogen) atoms. The number of thiazole rings is 1. The van der Waals surface area contributed by atoms with Gasteiger partial charge in [0.25, 0.3) is 0 Å². The Hall–Kier alpha value is 0.130. The molecule has 78 valence electrons. The van der Waals surface area contributed by atoms with E-state index in [4.69, 9.17) is 5.73 Å². The number of nitrogens with zero attached hydrogens (tertiary/aromatic N) is 1. The molecule has 2 heterocycles. The van der Waals surface area contributed by atoms with Crippen molar-refractivity contribution < 1.29 is 0 Å². The third-order valence-electron chi connectivity index (χ3n) is 2.28. The van der Waals surface area contributed by atoms with Crippen LogP contribution in [0.5, 0.6) is 0 Å². The molecule has 2 N–H and O–H groups in total. The number of aromatic nitrogens is 1. The lowest BCUT2D eigenvalue weighted by Gasteiger charge is -2.25. The van der Waals surface area contributed by atoms with Crippen molar-refractivity contribution in [2.75, 3.05) is 17.2 Å². The Morgan fingerprint density at radius 3 is 2.64 bits per heavy atom. The average molecular weight is 246 g/mol. The maximum absolute atomic E-state index is 5.78. The normalized spacial score (nSPS) is 27.9. The van der Waals surface area contributed by atoms with Gasteiger partial charge in [0.1, 0.15) is 10.8 Å². The van der Waals surface area contributed by atoms with Crippen molar-refractivity contribution in [3.8, 4) is 0 Å². The van der Waals surface area contributed by atoms with Crippen molar-refractivity contribution >= 4 is 40.7 Å². The molecule has 2 nitrogen and oxygen atoms in total. The molecule has 0 saturated carbocycles. The van der Waals surface area contributed by atoms with Crippen molar-refractivity contribution in [3.05, 3.63) is 9.88 Å². The summed E-state index contributed by atoms with van der Waals surface area (Å²) in [5, 5.41) is 2.43. The molecule has 2 unspecified atom stereocenters. The zero-order chi connectivity index (χ0) is 10.1. The molecule has 1 aromatic heterocycles. The monoisotopic (exact) mass is 246 g/mol. The second-order valence-electron chi connectivity index (χ2n) is 3.36. The number of hydrogen-bond donors (Lipinski definition) is 1. The largest absolute Gasteiger partial charge is 0.383 e. The van der Waals surface area contributed by atoms with Crippen LogP contribution in [0.2, 0.25) is 0 Å². The van der Waals surface area contributed by atoms with Crippen molar-refractivity contribution in [2.24, 2.45) is 0 Å². The zero-order valence-corrected chi connectivity index (χ0v) is 10.8. The third-order valence-corrected chi connectivity index (χ3v) is 6.60. The standard InChI is InChI=1S/C9H14N2S3/c1-5-7(13-4-3-12-5)9-11-8(10)6(2)14-9/h5,7H,3-4,10H2,1-2H3. The van der Waals surface area contributed by atoms with Gasteiger partial charge in [-0.15, -0.1) is 23.1 Å². The lowest BCUT2D eigenvalue weighted by atomic mass is 10.3. The molecule has 0 aromatic carbocycles. The summed E-state index contributed by atoms with van der Waals surface area (Å²) in [6.07, 6.45) is 0. The minimum atomic E-state index is 0.551. The summed E-state index contributed by atoms with van der Waals surface area (Å²) in [5.74, 6) is 3.22. The highest BCUT2D eigenvalue weighted by Crippen LogP contribution is 2.44. The molecule has 1 aliphatic rings. The number of aryl methyl sites for hydroxylation is 1. The average Bonchev–Trinajstić information content (AvgIpc) is 2.48. The molecule has 1 aliphatic heterocycles. The lowest BCUT2D eigenvalue weighted by molar-refractivity contribution is 0.897. The number of nitrogens with two attached hydrogens (primary N) is 1. The van der Waals surface area contributed by atoms with E-state index in [1.165, 1.54) is 16.5 Å². The molecular weight excluding hydrogens is 232 g/mol. The van der Waals surface area contributed by atoms with Gasteiger partial charge in [0.15, 0.2) is 0 Å². The summed E-state index contributed by atoms with van der Waals surface area (Å²) in [7, 11) is 0. The summed E-state index contributed by atoms with van der Waals surface area (Å²) in [6.45, 7) is 4.33. The van der Waals surface area contributed by atoms with Crippen LogP contribution in [-0.4, -0.2) is 21.7 Å². The van der Waals surface area contributed by atoms with Crippen LogP contribution < -0.4 is 5.73 Å². The van der Waals surface area contributed by atoms with E-state index in [9.17, 15) is 0 Å². The van der Waals surface area contributed by atoms with Gasteiger partial charge in [0, 0.05) is 21.6 Å². The minimum Gasteiger partial charge on any atom is -0.383 e. The highest BCUT2D eigenvalue weighted by atomic mass is 32.2. The highest BCUT2D eigenvalue weighted by Gasteiger charge is 2.27. The summed E-state index contributed by atoms with van der Waals surface area (Å²) in [4.78, 5) is 5.60. The number of thioether (sulfide) groups is 2. The zero-order valence-electron chi connectivity index (χ0n) is 8.32. The van der Waals surface area contributed by atoms with Crippen molar-refractivity contribution in [2.45, 2.75) is 24.3 Å². The van der Waals surface area contributed by atoms with Gasteiger partial charge in [-0.05, 0) is 6.92 Å². The Bertz CT molecular complexity index is 304. The number of anilines is 1. The predicted molar refractivity (Wildman–Crippen MR) is 68.4 cm³/mol. The van der Waals surface area contributed by atoms with Crippen LogP contribution in [0, 0.1) is 6.92 Å². The van der Waals surface area contributed by atoms with Crippen molar-refractivity contribution in [1.29, 1.82) is 0 Å². The molecule has 0 amide bonds. The smallest absolute Gasteiger partial charge is 0.137 e. The van der Waals surface area contributed by atoms with Crippen LogP contribution in [0.15, 0.2) is 0 Å². The van der Waals surface area contributed by atoms with Crippen molar-refractivity contribution in [1.82, 2.24) is 4.98 Å². The summed E-state index contributed by atoms with van der Waals surface area (Å²) in [6, 6.07) is 0. The predicted octanol–water partition coefficient (Wildman–Crippen LogP) is 2.94. The van der Waals surface area contributed by atoms with E-state index < -0.39 is 0 Å². The first-order chi connectivity index (χ1) is 6.68. The quantitative estimate of drug-likeness (QED) is 0.827. The molecule has 5 heteroatoms. The molecule has 0 spiro atoms. The van der Waals surface area contributed by atoms with E-state index in [0.717, 1.165) is 4.88 Å². The first kappa shape index (κ1) is 10.6. The number of hydrogen-bond acceptors (Lipinski definition) is 5. The van der Waals surface area contributed by atoms with Crippen LogP contribution in [0.25, 0.3) is 0 Å². The molecule has 0 bridgehead atoms. The Morgan fingerprint density at radius 1 is 1.36 bits per heavy atom. The number of rotatable bonds is 1. The maximum Gasteiger partial charge on any atom is 0.137 e. The van der Waals surface area contributed by atoms with E-state index in [1.807, 2.05) is 30.4 Å². The van der Waals surface area contributed by atoms with E-state index in [0.29, 0.717) is 16.3 Å². The molecule has 2 rings (SSSR count). The Kier molecular flexibility index (Phi) is 3.29. The van der Waals surface area contributed by atoms with Gasteiger partial charge >= 0.3 is 0 Å². The van der Waals surface area contributed by atoms with Gasteiger partial charge in [-0.25, -0.2) is 4.98 Å². The highest BCUT2D eigenvalue weighted by molar-refractivity contribution is 8.06. The van der Waals surface area contributed by atoms with E-state index >= 15 is 0 Å². The van der Waals surface area contributed by atoms with Crippen LogP contribution in [-0.2, 0) is 0 Å². The van der Waals surface area contributed by atoms with Gasteiger partial charge in [-0.1, -0.05) is 6.92 Å². The van der Waals surface area contributed by atoms with E-state index in [2.05, 4.69) is 11.9 Å². The SMILES string of the molecule is Cc1sc(C2SCCSC2C)nc1N.